The zero-order valence-electron chi connectivity index (χ0n) is 9.53. The third-order valence-corrected chi connectivity index (χ3v) is 4.25. The minimum absolute atomic E-state index is 0.166. The van der Waals surface area contributed by atoms with Gasteiger partial charge in [0.15, 0.2) is 0 Å². The van der Waals surface area contributed by atoms with Gasteiger partial charge in [0.05, 0.1) is 0 Å². The van der Waals surface area contributed by atoms with Gasteiger partial charge in [0.25, 0.3) is 0 Å². The summed E-state index contributed by atoms with van der Waals surface area (Å²) in [5, 5.41) is 5.08. The van der Waals surface area contributed by atoms with Crippen LogP contribution in [0.15, 0.2) is 11.4 Å². The highest BCUT2D eigenvalue weighted by Crippen LogP contribution is 2.25. The van der Waals surface area contributed by atoms with E-state index in [0.717, 1.165) is 25.8 Å². The predicted molar refractivity (Wildman–Crippen MR) is 66.5 cm³/mol. The van der Waals surface area contributed by atoms with Crippen molar-refractivity contribution in [3.63, 3.8) is 0 Å². The van der Waals surface area contributed by atoms with Crippen molar-refractivity contribution in [2.45, 2.75) is 32.2 Å². The molecule has 16 heavy (non-hydrogen) atoms. The van der Waals surface area contributed by atoms with Gasteiger partial charge in [-0.2, -0.15) is 0 Å². The van der Waals surface area contributed by atoms with Gasteiger partial charge >= 0.3 is 0 Å². The molecule has 1 aromatic heterocycles. The van der Waals surface area contributed by atoms with E-state index in [4.69, 9.17) is 5.73 Å². The molecule has 1 saturated carbocycles. The first-order chi connectivity index (χ1) is 7.66. The quantitative estimate of drug-likeness (QED) is 0.834. The van der Waals surface area contributed by atoms with E-state index in [0.29, 0.717) is 0 Å². The summed E-state index contributed by atoms with van der Waals surface area (Å²) in [6.45, 7) is 2.85. The first-order valence-corrected chi connectivity index (χ1v) is 6.61. The van der Waals surface area contributed by atoms with Gasteiger partial charge in [-0.15, -0.1) is 11.3 Å². The molecule has 0 spiro atoms. The summed E-state index contributed by atoms with van der Waals surface area (Å²) in [6.07, 6.45) is 2.64. The lowest BCUT2D eigenvalue weighted by molar-refractivity contribution is -0.127. The van der Waals surface area contributed by atoms with Gasteiger partial charge in [-0.3, -0.25) is 4.79 Å². The van der Waals surface area contributed by atoms with Crippen molar-refractivity contribution in [2.24, 2.45) is 11.7 Å². The number of amides is 1. The van der Waals surface area contributed by atoms with Crippen LogP contribution in [0.1, 0.15) is 23.3 Å². The molecule has 1 aliphatic rings. The highest BCUT2D eigenvalue weighted by Gasteiger charge is 2.31. The molecule has 0 saturated heterocycles. The Kier molecular flexibility index (Phi) is 3.61. The smallest absolute Gasteiger partial charge is 0.223 e. The van der Waals surface area contributed by atoms with Crippen molar-refractivity contribution < 1.29 is 4.79 Å². The largest absolute Gasteiger partial charge is 0.355 e. The maximum Gasteiger partial charge on any atom is 0.223 e. The molecule has 88 valence electrons. The average Bonchev–Trinajstić information content (AvgIpc) is 2.60. The van der Waals surface area contributed by atoms with Gasteiger partial charge in [-0.05, 0) is 43.2 Å². The number of nitrogens with two attached hydrogens (primary N) is 1. The number of nitrogens with one attached hydrogen (secondary N) is 1. The van der Waals surface area contributed by atoms with E-state index < -0.39 is 0 Å². The van der Waals surface area contributed by atoms with E-state index in [2.05, 4.69) is 23.7 Å². The van der Waals surface area contributed by atoms with E-state index in [1.165, 1.54) is 10.4 Å². The minimum atomic E-state index is 0.166. The van der Waals surface area contributed by atoms with Gasteiger partial charge in [0.2, 0.25) is 5.91 Å². The molecule has 1 fully saturated rings. The Morgan fingerprint density at radius 1 is 1.62 bits per heavy atom. The fourth-order valence-electron chi connectivity index (χ4n) is 1.98. The normalized spacial score (nSPS) is 23.9. The summed E-state index contributed by atoms with van der Waals surface area (Å²) in [7, 11) is 0. The Balaban J connectivity index is 1.68. The predicted octanol–water partition coefficient (Wildman–Crippen LogP) is 1.45. The highest BCUT2D eigenvalue weighted by molar-refractivity contribution is 7.10. The number of hydrogen-bond acceptors (Lipinski definition) is 3. The number of hydrogen-bond donors (Lipinski definition) is 2. The van der Waals surface area contributed by atoms with E-state index in [1.54, 1.807) is 11.3 Å². The van der Waals surface area contributed by atoms with Crippen LogP contribution in [0.2, 0.25) is 0 Å². The van der Waals surface area contributed by atoms with Gasteiger partial charge < -0.3 is 11.1 Å². The molecular weight excluding hydrogens is 220 g/mol. The lowest BCUT2D eigenvalue weighted by atomic mass is 9.80. The van der Waals surface area contributed by atoms with Crippen molar-refractivity contribution in [1.82, 2.24) is 5.32 Å². The minimum Gasteiger partial charge on any atom is -0.355 e. The summed E-state index contributed by atoms with van der Waals surface area (Å²) < 4.78 is 0. The first-order valence-electron chi connectivity index (χ1n) is 5.73. The van der Waals surface area contributed by atoms with Crippen LogP contribution in [0.3, 0.4) is 0 Å². The van der Waals surface area contributed by atoms with Crippen LogP contribution >= 0.6 is 11.3 Å². The summed E-state index contributed by atoms with van der Waals surface area (Å²) in [6, 6.07) is 2.36. The average molecular weight is 238 g/mol. The zero-order valence-corrected chi connectivity index (χ0v) is 10.3. The molecule has 0 bridgehead atoms. The molecule has 1 aliphatic carbocycles. The van der Waals surface area contributed by atoms with Crippen LogP contribution in [0.4, 0.5) is 0 Å². The molecule has 1 heterocycles. The molecule has 3 N–H and O–H groups in total. The van der Waals surface area contributed by atoms with Crippen molar-refractivity contribution in [1.29, 1.82) is 0 Å². The van der Waals surface area contributed by atoms with Crippen molar-refractivity contribution in [3.05, 3.63) is 21.9 Å². The third-order valence-electron chi connectivity index (χ3n) is 3.16. The molecular formula is C12H18N2OS. The number of carbonyl (C=O) groups excluding carboxylic acids is 1. The van der Waals surface area contributed by atoms with Gasteiger partial charge in [-0.25, -0.2) is 0 Å². The second kappa shape index (κ2) is 4.97. The van der Waals surface area contributed by atoms with Crippen LogP contribution in [0.5, 0.6) is 0 Å². The van der Waals surface area contributed by atoms with Crippen LogP contribution in [-0.4, -0.2) is 18.5 Å². The van der Waals surface area contributed by atoms with E-state index in [9.17, 15) is 4.79 Å². The lowest BCUT2D eigenvalue weighted by Crippen LogP contribution is -2.45. The molecule has 1 aromatic rings. The number of carbonyl (C=O) groups is 1. The molecule has 0 atom stereocenters. The van der Waals surface area contributed by atoms with Crippen LogP contribution in [-0.2, 0) is 11.2 Å². The fourth-order valence-corrected chi connectivity index (χ4v) is 2.89. The number of thiophene rings is 1. The highest BCUT2D eigenvalue weighted by atomic mass is 32.1. The molecule has 4 heteroatoms. The van der Waals surface area contributed by atoms with E-state index in [-0.39, 0.29) is 17.9 Å². The van der Waals surface area contributed by atoms with Crippen molar-refractivity contribution in [3.8, 4) is 0 Å². The van der Waals surface area contributed by atoms with E-state index >= 15 is 0 Å². The molecule has 0 unspecified atom stereocenters. The van der Waals surface area contributed by atoms with Crippen LogP contribution < -0.4 is 11.1 Å². The third kappa shape index (κ3) is 2.62. The maximum atomic E-state index is 11.6. The molecule has 0 aliphatic heterocycles. The Labute approximate surface area is 100 Å². The summed E-state index contributed by atoms with van der Waals surface area (Å²) in [5.41, 5.74) is 6.98. The lowest BCUT2D eigenvalue weighted by Gasteiger charge is -2.31. The van der Waals surface area contributed by atoms with Crippen molar-refractivity contribution in [2.75, 3.05) is 6.54 Å². The zero-order chi connectivity index (χ0) is 11.5. The van der Waals surface area contributed by atoms with Crippen LogP contribution in [0, 0.1) is 12.8 Å². The topological polar surface area (TPSA) is 55.1 Å². The molecule has 3 nitrogen and oxygen atoms in total. The Bertz CT molecular complexity index is 369. The summed E-state index contributed by atoms with van der Waals surface area (Å²) in [4.78, 5) is 13.0. The van der Waals surface area contributed by atoms with Gasteiger partial charge in [0.1, 0.15) is 0 Å². The molecule has 2 rings (SSSR count). The SMILES string of the molecule is Cc1ccsc1CCNC(=O)C1CC(N)C1. The van der Waals surface area contributed by atoms with E-state index in [1.807, 2.05) is 0 Å². The van der Waals surface area contributed by atoms with Crippen molar-refractivity contribution >= 4 is 17.2 Å². The maximum absolute atomic E-state index is 11.6. The van der Waals surface area contributed by atoms with Gasteiger partial charge in [-0.1, -0.05) is 0 Å². The Morgan fingerprint density at radius 2 is 2.38 bits per heavy atom. The molecule has 0 radical (unpaired) electrons. The molecule has 0 aromatic carbocycles. The second-order valence-corrected chi connectivity index (χ2v) is 5.50. The Morgan fingerprint density at radius 3 is 2.94 bits per heavy atom. The van der Waals surface area contributed by atoms with Gasteiger partial charge in [0, 0.05) is 23.4 Å². The number of rotatable bonds is 4. The second-order valence-electron chi connectivity index (χ2n) is 4.50. The van der Waals surface area contributed by atoms with Crippen LogP contribution in [0.25, 0.3) is 0 Å². The molecule has 1 amide bonds. The standard InChI is InChI=1S/C12H18N2OS/c1-8-3-5-16-11(8)2-4-14-12(15)9-6-10(13)7-9/h3,5,9-10H,2,4,6-7,13H2,1H3,(H,14,15). The summed E-state index contributed by atoms with van der Waals surface area (Å²) in [5.74, 6) is 0.343. The first kappa shape index (κ1) is 11.6. The monoisotopic (exact) mass is 238 g/mol. The number of aryl methyl sites for hydroxylation is 1. The summed E-state index contributed by atoms with van der Waals surface area (Å²) >= 11 is 1.76. The fraction of sp³-hybridized carbons (Fsp3) is 0.583. The Hall–Kier alpha value is -0.870.